The number of aromatic hydroxyl groups is 1. The van der Waals surface area contributed by atoms with E-state index in [0.717, 1.165) is 55.6 Å². The van der Waals surface area contributed by atoms with Crippen molar-refractivity contribution < 1.29 is 34.4 Å². The van der Waals surface area contributed by atoms with Crippen molar-refractivity contribution in [2.24, 2.45) is 0 Å². The van der Waals surface area contributed by atoms with Gasteiger partial charge >= 0.3 is 0 Å². The molecule has 0 aliphatic heterocycles. The molecule has 6 aromatic carbocycles. The van der Waals surface area contributed by atoms with Crippen molar-refractivity contribution in [1.82, 2.24) is 14.5 Å². The van der Waals surface area contributed by atoms with E-state index in [1.54, 1.807) is 30.5 Å². The number of aromatic nitrogens is 3. The van der Waals surface area contributed by atoms with Gasteiger partial charge in [0.1, 0.15) is 11.6 Å². The van der Waals surface area contributed by atoms with Gasteiger partial charge in [0.15, 0.2) is 0 Å². The van der Waals surface area contributed by atoms with Crippen LogP contribution in [0.4, 0.5) is 0 Å². The number of phenols is 1. The van der Waals surface area contributed by atoms with Gasteiger partial charge in [0.25, 0.3) is 0 Å². The summed E-state index contributed by atoms with van der Waals surface area (Å²) in [7, 11) is 0. The van der Waals surface area contributed by atoms with Gasteiger partial charge in [-0.3, -0.25) is 9.55 Å². The molecule has 0 atom stereocenters. The van der Waals surface area contributed by atoms with Crippen LogP contribution in [0, 0.1) is 26.7 Å². The Kier molecular flexibility index (Phi) is 9.01. The third-order valence-corrected chi connectivity index (χ3v) is 10.7. The number of hydrogen-bond acceptors (Lipinski definition) is 3. The first-order valence-corrected chi connectivity index (χ1v) is 19.3. The standard InChI is InChI=1S/C53H50N3O.Pt/c1-33-18-21-36(22-19-33)38-24-25-54-46(31-38)40-28-39(29-42(30-40)53(7,8)9)43-16-13-17-48-49(43)55-51(45-32-41(52(4,5)6)27-35(3)50(45)57)56(48)47-23-20-34(2)26-44(47)37-14-11-10-12-15-37;/h10-27,29-32,57H,1-9H3;/q-1;/i1D3,2D3;. The van der Waals surface area contributed by atoms with Gasteiger partial charge < -0.3 is 5.11 Å². The predicted octanol–water partition coefficient (Wildman–Crippen LogP) is 13.8. The van der Waals surface area contributed by atoms with E-state index >= 15 is 0 Å². The minimum absolute atomic E-state index is 0. The van der Waals surface area contributed by atoms with Crippen LogP contribution in [0.25, 0.3) is 72.7 Å². The van der Waals surface area contributed by atoms with E-state index in [2.05, 4.69) is 59.7 Å². The Balaban J connectivity index is 0.00000612. The van der Waals surface area contributed by atoms with Crippen LogP contribution in [-0.2, 0) is 31.9 Å². The third kappa shape index (κ3) is 7.83. The molecule has 2 aromatic heterocycles. The van der Waals surface area contributed by atoms with Crippen LogP contribution < -0.4 is 0 Å². The average molecular weight is 946 g/mol. The molecule has 0 aliphatic rings. The Morgan fingerprint density at radius 2 is 1.31 bits per heavy atom. The number of nitrogens with zero attached hydrogens (tertiary/aromatic N) is 3. The number of hydrogen-bond donors (Lipinski definition) is 1. The summed E-state index contributed by atoms with van der Waals surface area (Å²) in [6.45, 7) is 10.3. The average Bonchev–Trinajstić information content (AvgIpc) is 3.62. The predicted molar refractivity (Wildman–Crippen MR) is 238 cm³/mol. The maximum Gasteiger partial charge on any atom is 0.148 e. The Bertz CT molecular complexity index is 3010. The molecule has 0 saturated heterocycles. The van der Waals surface area contributed by atoms with Gasteiger partial charge in [-0.2, -0.15) is 0 Å². The third-order valence-electron chi connectivity index (χ3n) is 10.7. The van der Waals surface area contributed by atoms with Crippen LogP contribution in [-0.4, -0.2) is 19.6 Å². The first kappa shape index (κ1) is 33.4. The van der Waals surface area contributed by atoms with E-state index in [4.69, 9.17) is 18.2 Å². The normalized spacial score (nSPS) is 13.8. The Morgan fingerprint density at radius 1 is 0.621 bits per heavy atom. The largest absolute Gasteiger partial charge is 0.507 e. The molecule has 4 nitrogen and oxygen atoms in total. The fourth-order valence-electron chi connectivity index (χ4n) is 7.41. The van der Waals surface area contributed by atoms with Crippen molar-refractivity contribution in [3.63, 3.8) is 0 Å². The van der Waals surface area contributed by atoms with Gasteiger partial charge in [-0.05, 0) is 89.6 Å². The number of para-hydroxylation sites is 1. The van der Waals surface area contributed by atoms with Gasteiger partial charge in [0.2, 0.25) is 0 Å². The Morgan fingerprint density at radius 3 is 2.02 bits per heavy atom. The van der Waals surface area contributed by atoms with Crippen molar-refractivity contribution in [2.45, 2.75) is 73.0 Å². The maximum absolute atomic E-state index is 11.9. The summed E-state index contributed by atoms with van der Waals surface area (Å²) in [5.74, 6) is 0.623. The van der Waals surface area contributed by atoms with Gasteiger partial charge in [0, 0.05) is 46.7 Å². The molecule has 0 unspecified atom stereocenters. The van der Waals surface area contributed by atoms with E-state index in [-0.39, 0.29) is 48.8 Å². The van der Waals surface area contributed by atoms with E-state index in [1.165, 1.54) is 0 Å². The summed E-state index contributed by atoms with van der Waals surface area (Å²) in [6, 6.07) is 43.9. The number of fused-ring (bicyclic) bond motifs is 1. The molecule has 0 aliphatic carbocycles. The molecule has 294 valence electrons. The molecule has 8 rings (SSSR count). The van der Waals surface area contributed by atoms with E-state index in [1.807, 2.05) is 102 Å². The van der Waals surface area contributed by atoms with E-state index in [0.29, 0.717) is 33.8 Å². The van der Waals surface area contributed by atoms with Crippen LogP contribution >= 0.6 is 0 Å². The molecule has 2 heterocycles. The molecule has 8 aromatic rings. The van der Waals surface area contributed by atoms with Crippen molar-refractivity contribution in [1.29, 1.82) is 0 Å². The molecule has 5 heteroatoms. The number of aryl methyl sites for hydroxylation is 3. The molecule has 0 amide bonds. The first-order valence-electron chi connectivity index (χ1n) is 22.3. The summed E-state index contributed by atoms with van der Waals surface area (Å²) in [5.41, 5.74) is 12.0. The molecule has 0 fully saturated rings. The molecular weight excluding hydrogens is 890 g/mol. The summed E-state index contributed by atoms with van der Waals surface area (Å²) in [5, 5.41) is 11.9. The number of phenolic OH excluding ortho intramolecular Hbond substituents is 1. The van der Waals surface area contributed by atoms with Crippen LogP contribution in [0.5, 0.6) is 5.75 Å². The van der Waals surface area contributed by atoms with Crippen LogP contribution in [0.1, 0.15) is 77.6 Å². The zero-order chi connectivity index (χ0) is 45.2. The van der Waals surface area contributed by atoms with Crippen molar-refractivity contribution in [3.05, 3.63) is 167 Å². The van der Waals surface area contributed by atoms with Crippen LogP contribution in [0.3, 0.4) is 0 Å². The Labute approximate surface area is 366 Å². The number of imidazole rings is 1. The summed E-state index contributed by atoms with van der Waals surface area (Å²) in [6.07, 6.45) is 1.76. The monoisotopic (exact) mass is 945 g/mol. The van der Waals surface area contributed by atoms with Gasteiger partial charge in [0.05, 0.1) is 22.3 Å². The van der Waals surface area contributed by atoms with Crippen molar-refractivity contribution in [2.75, 3.05) is 0 Å². The summed E-state index contributed by atoms with van der Waals surface area (Å²) >= 11 is 0. The fraction of sp³-hybridized carbons (Fsp3) is 0.208. The SMILES string of the molecule is [2H]C([2H])([2H])c1ccc(-c2ccnc(-c3[c-]c(-c4cccc5c4nc(-c4cc(C(C)(C)C)cc(C)c4O)n5-c4ccc(C([2H])([2H])[2H])cc4-c4ccccc4)cc(C(C)(C)C)c3)c2)cc1.[Pt]. The minimum Gasteiger partial charge on any atom is -0.507 e. The molecule has 0 saturated carbocycles. The second kappa shape index (κ2) is 15.6. The molecule has 0 bridgehead atoms. The summed E-state index contributed by atoms with van der Waals surface area (Å²) in [4.78, 5) is 10.3. The molecule has 0 spiro atoms. The van der Waals surface area contributed by atoms with Crippen molar-refractivity contribution in [3.8, 4) is 67.5 Å². The summed E-state index contributed by atoms with van der Waals surface area (Å²) < 4.78 is 50.4. The minimum atomic E-state index is -2.34. The van der Waals surface area contributed by atoms with Gasteiger partial charge in [-0.15, -0.1) is 29.3 Å². The quantitative estimate of drug-likeness (QED) is 0.169. The van der Waals surface area contributed by atoms with Crippen molar-refractivity contribution >= 4 is 11.0 Å². The molecular formula is C53H50N3OPt-. The molecule has 58 heavy (non-hydrogen) atoms. The molecule has 1 N–H and O–H groups in total. The fourth-order valence-corrected chi connectivity index (χ4v) is 7.41. The number of benzene rings is 6. The first-order chi connectivity index (χ1) is 29.6. The second-order valence-corrected chi connectivity index (χ2v) is 16.9. The topological polar surface area (TPSA) is 50.9 Å². The Hall–Kier alpha value is -5.57. The van der Waals surface area contributed by atoms with E-state index in [9.17, 15) is 5.11 Å². The zero-order valence-electron chi connectivity index (χ0n) is 39.8. The molecule has 0 radical (unpaired) electrons. The van der Waals surface area contributed by atoms with Gasteiger partial charge in [-0.25, -0.2) is 4.98 Å². The number of rotatable bonds is 6. The van der Waals surface area contributed by atoms with E-state index < -0.39 is 13.7 Å². The zero-order valence-corrected chi connectivity index (χ0v) is 36.1. The number of pyridine rings is 1. The van der Waals surface area contributed by atoms with Crippen LogP contribution in [0.2, 0.25) is 0 Å². The van der Waals surface area contributed by atoms with Gasteiger partial charge in [-0.1, -0.05) is 149 Å². The smallest absolute Gasteiger partial charge is 0.148 e. The maximum atomic E-state index is 11.9. The second-order valence-electron chi connectivity index (χ2n) is 16.9. The van der Waals surface area contributed by atoms with Crippen LogP contribution in [0.15, 0.2) is 134 Å².